The van der Waals surface area contributed by atoms with Gasteiger partial charge in [0.15, 0.2) is 0 Å². The van der Waals surface area contributed by atoms with Crippen molar-refractivity contribution in [2.75, 3.05) is 0 Å². The molecular weight excluding hydrogens is 418 g/mol. The zero-order chi connectivity index (χ0) is 22.7. The van der Waals surface area contributed by atoms with Crippen LogP contribution < -0.4 is 4.74 Å². The summed E-state index contributed by atoms with van der Waals surface area (Å²) in [7, 11) is 0. The number of para-hydroxylation sites is 4. The largest absolute Gasteiger partial charge is 0.457 e. The molecule has 2 heterocycles. The standard InChI is InChI=1S/C31H21NO2/c33-31(25-13-5-8-16-29(25)34-30-17-9-6-14-26(30)31)21-18-19-28-24(20-21)23-12-4-7-15-27(23)32(28)22-10-2-1-3-11-22/h1-20,33H. The first-order valence-electron chi connectivity index (χ1n) is 11.4. The molecule has 1 aliphatic rings. The molecule has 0 bridgehead atoms. The van der Waals surface area contributed by atoms with Gasteiger partial charge >= 0.3 is 0 Å². The molecule has 3 heteroatoms. The molecule has 0 unspecified atom stereocenters. The molecule has 0 spiro atoms. The molecular formula is C31H21NO2. The van der Waals surface area contributed by atoms with Crippen LogP contribution >= 0.6 is 0 Å². The number of hydrogen-bond donors (Lipinski definition) is 1. The molecule has 0 fully saturated rings. The van der Waals surface area contributed by atoms with Gasteiger partial charge in [-0.05, 0) is 48.0 Å². The Bertz CT molecular complexity index is 1650. The molecule has 162 valence electrons. The van der Waals surface area contributed by atoms with Gasteiger partial charge in [0.05, 0.1) is 11.0 Å². The maximum Gasteiger partial charge on any atom is 0.147 e. The first-order chi connectivity index (χ1) is 16.7. The van der Waals surface area contributed by atoms with Gasteiger partial charge in [0.1, 0.15) is 17.1 Å². The average Bonchev–Trinajstić information content (AvgIpc) is 3.23. The van der Waals surface area contributed by atoms with Crippen molar-refractivity contribution in [1.82, 2.24) is 4.57 Å². The van der Waals surface area contributed by atoms with Crippen LogP contribution in [0.25, 0.3) is 27.5 Å². The lowest BCUT2D eigenvalue weighted by atomic mass is 9.78. The number of rotatable bonds is 2. The zero-order valence-electron chi connectivity index (χ0n) is 18.3. The van der Waals surface area contributed by atoms with Gasteiger partial charge in [0, 0.05) is 27.6 Å². The van der Waals surface area contributed by atoms with Crippen LogP contribution in [0.15, 0.2) is 121 Å². The van der Waals surface area contributed by atoms with Crippen molar-refractivity contribution in [3.8, 4) is 17.2 Å². The van der Waals surface area contributed by atoms with E-state index in [1.165, 1.54) is 0 Å². The van der Waals surface area contributed by atoms with Crippen LogP contribution in [-0.4, -0.2) is 9.67 Å². The predicted octanol–water partition coefficient (Wildman–Crippen LogP) is 7.17. The van der Waals surface area contributed by atoms with E-state index in [2.05, 4.69) is 65.2 Å². The van der Waals surface area contributed by atoms with E-state index < -0.39 is 5.60 Å². The van der Waals surface area contributed by atoms with Gasteiger partial charge < -0.3 is 14.4 Å². The number of nitrogens with zero attached hydrogens (tertiary/aromatic N) is 1. The van der Waals surface area contributed by atoms with E-state index in [1.807, 2.05) is 60.7 Å². The molecule has 1 aliphatic heterocycles. The van der Waals surface area contributed by atoms with Gasteiger partial charge in [-0.1, -0.05) is 78.9 Å². The highest BCUT2D eigenvalue weighted by Gasteiger charge is 2.42. The van der Waals surface area contributed by atoms with Gasteiger partial charge in [-0.2, -0.15) is 0 Å². The molecule has 0 radical (unpaired) electrons. The van der Waals surface area contributed by atoms with Crippen molar-refractivity contribution >= 4 is 21.8 Å². The van der Waals surface area contributed by atoms with Crippen molar-refractivity contribution in [3.05, 3.63) is 138 Å². The number of hydrogen-bond acceptors (Lipinski definition) is 2. The minimum absolute atomic E-state index is 0.676. The summed E-state index contributed by atoms with van der Waals surface area (Å²) in [5.74, 6) is 1.35. The molecule has 34 heavy (non-hydrogen) atoms. The molecule has 1 N–H and O–H groups in total. The molecule has 0 amide bonds. The summed E-state index contributed by atoms with van der Waals surface area (Å²) >= 11 is 0. The molecule has 7 rings (SSSR count). The van der Waals surface area contributed by atoms with Gasteiger partial charge in [0.2, 0.25) is 0 Å². The lowest BCUT2D eigenvalue weighted by molar-refractivity contribution is 0.113. The quantitative estimate of drug-likeness (QED) is 0.310. The van der Waals surface area contributed by atoms with E-state index in [-0.39, 0.29) is 0 Å². The maximum absolute atomic E-state index is 12.4. The molecule has 1 aromatic heterocycles. The fourth-order valence-corrected chi connectivity index (χ4v) is 5.34. The fraction of sp³-hybridized carbons (Fsp3) is 0.0323. The normalized spacial score (nSPS) is 13.9. The smallest absolute Gasteiger partial charge is 0.147 e. The second-order valence-corrected chi connectivity index (χ2v) is 8.72. The van der Waals surface area contributed by atoms with Crippen LogP contribution in [0.2, 0.25) is 0 Å². The third-order valence-electron chi connectivity index (χ3n) is 6.88. The number of ether oxygens (including phenoxy) is 1. The minimum Gasteiger partial charge on any atom is -0.457 e. The van der Waals surface area contributed by atoms with Crippen LogP contribution in [0.3, 0.4) is 0 Å². The summed E-state index contributed by atoms with van der Waals surface area (Å²) in [6.45, 7) is 0. The summed E-state index contributed by atoms with van der Waals surface area (Å²) in [5, 5.41) is 14.7. The summed E-state index contributed by atoms with van der Waals surface area (Å²) in [4.78, 5) is 0. The van der Waals surface area contributed by atoms with Crippen LogP contribution in [0.1, 0.15) is 16.7 Å². The fourth-order valence-electron chi connectivity index (χ4n) is 5.34. The topological polar surface area (TPSA) is 34.4 Å². The molecule has 0 aliphatic carbocycles. The lowest BCUT2D eigenvalue weighted by Gasteiger charge is -2.36. The number of benzene rings is 5. The van der Waals surface area contributed by atoms with Crippen LogP contribution in [0, 0.1) is 0 Å². The number of fused-ring (bicyclic) bond motifs is 5. The number of aliphatic hydroxyl groups is 1. The molecule has 0 atom stereocenters. The van der Waals surface area contributed by atoms with E-state index in [0.29, 0.717) is 11.5 Å². The highest BCUT2D eigenvalue weighted by atomic mass is 16.5. The highest BCUT2D eigenvalue weighted by Crippen LogP contribution is 2.50. The van der Waals surface area contributed by atoms with Gasteiger partial charge in [0.25, 0.3) is 0 Å². The summed E-state index contributed by atoms with van der Waals surface area (Å²) in [6, 6.07) is 40.6. The van der Waals surface area contributed by atoms with E-state index in [1.54, 1.807) is 0 Å². The first kappa shape index (κ1) is 19.2. The van der Waals surface area contributed by atoms with E-state index in [9.17, 15) is 5.11 Å². The molecule has 0 saturated carbocycles. The maximum atomic E-state index is 12.4. The van der Waals surface area contributed by atoms with E-state index in [4.69, 9.17) is 4.74 Å². The number of aromatic nitrogens is 1. The molecule has 3 nitrogen and oxygen atoms in total. The second kappa shape index (κ2) is 7.08. The van der Waals surface area contributed by atoms with Gasteiger partial charge in [-0.3, -0.25) is 0 Å². The predicted molar refractivity (Wildman–Crippen MR) is 136 cm³/mol. The molecule has 0 saturated heterocycles. The summed E-state index contributed by atoms with van der Waals surface area (Å²) in [5.41, 5.74) is 4.35. The highest BCUT2D eigenvalue weighted by molar-refractivity contribution is 6.09. The Balaban J connectivity index is 1.55. The Morgan fingerprint density at radius 1 is 0.559 bits per heavy atom. The van der Waals surface area contributed by atoms with Crippen molar-refractivity contribution in [2.45, 2.75) is 5.60 Å². The SMILES string of the molecule is OC1(c2ccc3c(c2)c2ccccc2n3-c2ccccc2)c2ccccc2Oc2ccccc21. The van der Waals surface area contributed by atoms with Crippen LogP contribution in [-0.2, 0) is 5.60 Å². The van der Waals surface area contributed by atoms with Gasteiger partial charge in [-0.25, -0.2) is 0 Å². The summed E-state index contributed by atoms with van der Waals surface area (Å²) in [6.07, 6.45) is 0. The molecule has 5 aromatic carbocycles. The Morgan fingerprint density at radius 2 is 1.15 bits per heavy atom. The average molecular weight is 440 g/mol. The monoisotopic (exact) mass is 439 g/mol. The van der Waals surface area contributed by atoms with Crippen molar-refractivity contribution < 1.29 is 9.84 Å². The Morgan fingerprint density at radius 3 is 1.88 bits per heavy atom. The van der Waals surface area contributed by atoms with E-state index >= 15 is 0 Å². The Kier molecular flexibility index (Phi) is 3.99. The van der Waals surface area contributed by atoms with Crippen molar-refractivity contribution in [2.24, 2.45) is 0 Å². The third kappa shape index (κ3) is 2.56. The van der Waals surface area contributed by atoms with Crippen LogP contribution in [0.4, 0.5) is 0 Å². The van der Waals surface area contributed by atoms with Crippen molar-refractivity contribution in [1.29, 1.82) is 0 Å². The van der Waals surface area contributed by atoms with Crippen LogP contribution in [0.5, 0.6) is 11.5 Å². The minimum atomic E-state index is -1.32. The van der Waals surface area contributed by atoms with Gasteiger partial charge in [-0.15, -0.1) is 0 Å². The Hall–Kier alpha value is -4.34. The molecule has 6 aromatic rings. The summed E-state index contributed by atoms with van der Waals surface area (Å²) < 4.78 is 8.43. The second-order valence-electron chi connectivity index (χ2n) is 8.72. The lowest BCUT2D eigenvalue weighted by Crippen LogP contribution is -2.32. The third-order valence-corrected chi connectivity index (χ3v) is 6.88. The van der Waals surface area contributed by atoms with Crippen molar-refractivity contribution in [3.63, 3.8) is 0 Å². The zero-order valence-corrected chi connectivity index (χ0v) is 18.3. The van der Waals surface area contributed by atoms with E-state index in [0.717, 1.165) is 44.2 Å². The first-order valence-corrected chi connectivity index (χ1v) is 11.4. The Labute approximate surface area is 197 Å².